The molecule has 0 unspecified atom stereocenters. The van der Waals surface area contributed by atoms with Crippen molar-refractivity contribution in [3.63, 3.8) is 0 Å². The number of nitrogens with zero attached hydrogens (tertiary/aromatic N) is 1. The quantitative estimate of drug-likeness (QED) is 0.706. The largest absolute Gasteiger partial charge is 0.344 e. The van der Waals surface area contributed by atoms with Gasteiger partial charge in [0.1, 0.15) is 5.82 Å². The van der Waals surface area contributed by atoms with E-state index in [0.717, 1.165) is 36.8 Å². The van der Waals surface area contributed by atoms with E-state index in [-0.39, 0.29) is 0 Å². The zero-order valence-corrected chi connectivity index (χ0v) is 14.3. The highest BCUT2D eigenvalue weighted by atomic mass is 35.5. The first kappa shape index (κ1) is 16.8. The lowest BCUT2D eigenvalue weighted by Gasteiger charge is -2.23. The molecule has 1 aromatic heterocycles. The van der Waals surface area contributed by atoms with Gasteiger partial charge in [0.2, 0.25) is 0 Å². The Morgan fingerprint density at radius 2 is 2.00 bits per heavy atom. The van der Waals surface area contributed by atoms with Crippen molar-refractivity contribution in [1.82, 2.24) is 15.3 Å². The Labute approximate surface area is 134 Å². The van der Waals surface area contributed by atoms with Crippen molar-refractivity contribution < 1.29 is 0 Å². The van der Waals surface area contributed by atoms with E-state index in [2.05, 4.69) is 29.1 Å². The van der Waals surface area contributed by atoms with Gasteiger partial charge in [-0.3, -0.25) is 0 Å². The molecular weight excluding hydrogens is 282 g/mol. The lowest BCUT2D eigenvalue weighted by molar-refractivity contribution is 0.336. The Balaban J connectivity index is 1.82. The molecule has 0 spiro atoms. The van der Waals surface area contributed by atoms with Crippen LogP contribution >= 0.6 is 11.6 Å². The highest BCUT2D eigenvalue weighted by molar-refractivity contribution is 6.30. The smallest absolute Gasteiger partial charge is 0.151 e. The van der Waals surface area contributed by atoms with E-state index in [4.69, 9.17) is 11.6 Å². The Morgan fingerprint density at radius 3 is 2.67 bits per heavy atom. The minimum Gasteiger partial charge on any atom is -0.344 e. The summed E-state index contributed by atoms with van der Waals surface area (Å²) >= 11 is 6.24. The van der Waals surface area contributed by atoms with Crippen LogP contribution < -0.4 is 5.32 Å². The second-order valence-corrected chi connectivity index (χ2v) is 6.84. The molecule has 120 valence electrons. The first-order valence-electron chi connectivity index (χ1n) is 8.67. The van der Waals surface area contributed by atoms with Crippen LogP contribution in [0, 0.1) is 5.92 Å². The zero-order valence-electron chi connectivity index (χ0n) is 13.6. The molecule has 0 aliphatic heterocycles. The molecule has 0 radical (unpaired) electrons. The van der Waals surface area contributed by atoms with Gasteiger partial charge in [-0.1, -0.05) is 50.6 Å². The van der Waals surface area contributed by atoms with Crippen LogP contribution in [0.3, 0.4) is 0 Å². The van der Waals surface area contributed by atoms with E-state index >= 15 is 0 Å². The van der Waals surface area contributed by atoms with Gasteiger partial charge < -0.3 is 10.3 Å². The van der Waals surface area contributed by atoms with E-state index < -0.39 is 0 Å². The van der Waals surface area contributed by atoms with Gasteiger partial charge >= 0.3 is 0 Å². The van der Waals surface area contributed by atoms with Crippen LogP contribution in [-0.4, -0.2) is 16.0 Å². The lowest BCUT2D eigenvalue weighted by atomic mass is 9.93. The second-order valence-electron chi connectivity index (χ2n) is 6.48. The maximum absolute atomic E-state index is 6.24. The fourth-order valence-electron chi connectivity index (χ4n) is 3.26. The first-order valence-corrected chi connectivity index (χ1v) is 9.05. The Bertz CT molecular complexity index is 408. The number of halogens is 1. The summed E-state index contributed by atoms with van der Waals surface area (Å²) in [5.41, 5.74) is 1.04. The van der Waals surface area contributed by atoms with Crippen molar-refractivity contribution in [3.8, 4) is 0 Å². The predicted octanol–water partition coefficient (Wildman–Crippen LogP) is 4.85. The number of aromatic amines is 1. The summed E-state index contributed by atoms with van der Waals surface area (Å²) in [7, 11) is 0. The van der Waals surface area contributed by atoms with Crippen molar-refractivity contribution >= 4 is 11.6 Å². The van der Waals surface area contributed by atoms with E-state index in [1.807, 2.05) is 0 Å². The summed E-state index contributed by atoms with van der Waals surface area (Å²) in [5, 5.41) is 4.29. The molecule has 1 aliphatic carbocycles. The summed E-state index contributed by atoms with van der Waals surface area (Å²) in [6.07, 6.45) is 11.7. The average molecular weight is 312 g/mol. The number of imidazole rings is 1. The summed E-state index contributed by atoms with van der Waals surface area (Å²) in [6.45, 7) is 5.31. The fraction of sp³-hybridized carbons (Fsp3) is 0.824. The number of hydrogen-bond donors (Lipinski definition) is 2. The van der Waals surface area contributed by atoms with Crippen molar-refractivity contribution in [2.75, 3.05) is 0 Å². The third-order valence-corrected chi connectivity index (χ3v) is 5.06. The van der Waals surface area contributed by atoms with Crippen molar-refractivity contribution in [2.45, 2.75) is 84.2 Å². The molecule has 2 N–H and O–H groups in total. The SMILES string of the molecule is CCCCc1nc(Cl)c(CN[C@H](C)C2CCCCCC2)[nH]1. The lowest BCUT2D eigenvalue weighted by Crippen LogP contribution is -2.33. The molecule has 0 bridgehead atoms. The van der Waals surface area contributed by atoms with Gasteiger partial charge in [-0.05, 0) is 32.1 Å². The summed E-state index contributed by atoms with van der Waals surface area (Å²) in [6, 6.07) is 0.557. The van der Waals surface area contributed by atoms with Crippen LogP contribution in [0.25, 0.3) is 0 Å². The summed E-state index contributed by atoms with van der Waals surface area (Å²) in [5.74, 6) is 1.84. The molecule has 0 aromatic carbocycles. The van der Waals surface area contributed by atoms with Gasteiger partial charge in [0.15, 0.2) is 5.15 Å². The molecule has 1 atom stereocenters. The Kier molecular flexibility index (Phi) is 7.05. The number of hydrogen-bond acceptors (Lipinski definition) is 2. The van der Waals surface area contributed by atoms with Crippen molar-refractivity contribution in [3.05, 3.63) is 16.7 Å². The number of rotatable bonds is 7. The molecule has 1 fully saturated rings. The molecule has 1 saturated carbocycles. The molecule has 2 rings (SSSR count). The number of aromatic nitrogens is 2. The zero-order chi connectivity index (χ0) is 15.1. The molecule has 3 nitrogen and oxygen atoms in total. The molecule has 0 amide bonds. The van der Waals surface area contributed by atoms with Crippen LogP contribution in [-0.2, 0) is 13.0 Å². The monoisotopic (exact) mass is 311 g/mol. The summed E-state index contributed by atoms with van der Waals surface area (Å²) in [4.78, 5) is 7.80. The molecule has 1 aliphatic rings. The van der Waals surface area contributed by atoms with Crippen molar-refractivity contribution in [1.29, 1.82) is 0 Å². The highest BCUT2D eigenvalue weighted by Gasteiger charge is 2.19. The normalized spacial score (nSPS) is 18.6. The molecular formula is C17H30ClN3. The van der Waals surface area contributed by atoms with Gasteiger partial charge in [-0.2, -0.15) is 0 Å². The van der Waals surface area contributed by atoms with Crippen LogP contribution in [0.15, 0.2) is 0 Å². The third kappa shape index (κ3) is 5.30. The van der Waals surface area contributed by atoms with E-state index in [1.54, 1.807) is 0 Å². The van der Waals surface area contributed by atoms with Crippen LogP contribution in [0.1, 0.15) is 76.7 Å². The van der Waals surface area contributed by atoms with E-state index in [0.29, 0.717) is 11.2 Å². The predicted molar refractivity (Wildman–Crippen MR) is 89.7 cm³/mol. The van der Waals surface area contributed by atoms with Crippen LogP contribution in [0.4, 0.5) is 0 Å². The molecule has 4 heteroatoms. The molecule has 1 heterocycles. The van der Waals surface area contributed by atoms with Crippen molar-refractivity contribution in [2.24, 2.45) is 5.92 Å². The minimum atomic E-state index is 0.557. The first-order chi connectivity index (χ1) is 10.2. The van der Waals surface area contributed by atoms with E-state index in [1.165, 1.54) is 44.9 Å². The number of H-pyrrole nitrogens is 1. The third-order valence-electron chi connectivity index (χ3n) is 4.75. The maximum atomic E-state index is 6.24. The van der Waals surface area contributed by atoms with Crippen LogP contribution in [0.5, 0.6) is 0 Å². The number of unbranched alkanes of at least 4 members (excludes halogenated alkanes) is 1. The van der Waals surface area contributed by atoms with Crippen LogP contribution in [0.2, 0.25) is 5.15 Å². The van der Waals surface area contributed by atoms with Gasteiger partial charge in [0.25, 0.3) is 0 Å². The minimum absolute atomic E-state index is 0.557. The fourth-order valence-corrected chi connectivity index (χ4v) is 3.48. The topological polar surface area (TPSA) is 40.7 Å². The average Bonchev–Trinajstić information content (AvgIpc) is 2.69. The number of nitrogens with one attached hydrogen (secondary N) is 2. The van der Waals surface area contributed by atoms with Gasteiger partial charge in [-0.25, -0.2) is 4.98 Å². The Morgan fingerprint density at radius 1 is 1.29 bits per heavy atom. The summed E-state index contributed by atoms with van der Waals surface area (Å²) < 4.78 is 0. The Hall–Kier alpha value is -0.540. The van der Waals surface area contributed by atoms with Gasteiger partial charge in [-0.15, -0.1) is 0 Å². The molecule has 21 heavy (non-hydrogen) atoms. The van der Waals surface area contributed by atoms with Gasteiger partial charge in [0.05, 0.1) is 5.69 Å². The molecule has 0 saturated heterocycles. The standard InChI is InChI=1S/C17H30ClN3/c1-3-4-11-16-20-15(17(18)21-16)12-19-13(2)14-9-7-5-6-8-10-14/h13-14,19H,3-12H2,1-2H3,(H,20,21)/t13-/m1/s1. The highest BCUT2D eigenvalue weighted by Crippen LogP contribution is 2.25. The molecule has 1 aromatic rings. The van der Waals surface area contributed by atoms with E-state index in [9.17, 15) is 0 Å². The maximum Gasteiger partial charge on any atom is 0.151 e. The number of aryl methyl sites for hydroxylation is 1. The second kappa shape index (κ2) is 8.79. The van der Waals surface area contributed by atoms with Gasteiger partial charge in [0, 0.05) is 19.0 Å².